The SMILES string of the molecule is CCCCC/C=C\C/C=C\CCCCCCCCOCC(COP(=O)(O)OCC(N)C(=O)O)OC(=O)CCCCCCCCCC. The summed E-state index contributed by atoms with van der Waals surface area (Å²) < 4.78 is 33.0. The normalized spacial score (nSPS) is 14.5. The fraction of sp³-hybridized carbons (Fsp3) is 0.829. The van der Waals surface area contributed by atoms with E-state index in [1.165, 1.54) is 70.6 Å². The first-order chi connectivity index (χ1) is 22.2. The van der Waals surface area contributed by atoms with E-state index in [-0.39, 0.29) is 13.0 Å². The maximum Gasteiger partial charge on any atom is 0.472 e. The van der Waals surface area contributed by atoms with Gasteiger partial charge in [0.15, 0.2) is 0 Å². The third kappa shape index (κ3) is 31.1. The Bertz CT molecular complexity index is 837. The highest BCUT2D eigenvalue weighted by Crippen LogP contribution is 2.43. The Morgan fingerprint density at radius 3 is 1.80 bits per heavy atom. The summed E-state index contributed by atoms with van der Waals surface area (Å²) in [5.74, 6) is -1.79. The number of hydrogen-bond donors (Lipinski definition) is 3. The molecule has 0 aliphatic rings. The van der Waals surface area contributed by atoms with Crippen molar-refractivity contribution in [2.45, 2.75) is 161 Å². The van der Waals surface area contributed by atoms with Crippen LogP contribution in [0, 0.1) is 0 Å². The van der Waals surface area contributed by atoms with E-state index in [1.807, 2.05) is 0 Å². The van der Waals surface area contributed by atoms with Crippen molar-refractivity contribution in [3.05, 3.63) is 24.3 Å². The average molecular weight is 676 g/mol. The Kier molecular flexibility index (Phi) is 30.9. The van der Waals surface area contributed by atoms with E-state index >= 15 is 0 Å². The molecule has 0 spiro atoms. The van der Waals surface area contributed by atoms with Gasteiger partial charge in [-0.05, 0) is 44.9 Å². The van der Waals surface area contributed by atoms with Crippen LogP contribution in [-0.4, -0.2) is 60.5 Å². The van der Waals surface area contributed by atoms with Crippen molar-refractivity contribution in [3.8, 4) is 0 Å². The molecule has 0 saturated carbocycles. The summed E-state index contributed by atoms with van der Waals surface area (Å²) in [6.45, 7) is 3.77. The maximum atomic E-state index is 12.4. The molecule has 0 aromatic rings. The number of hydrogen-bond acceptors (Lipinski definition) is 8. The van der Waals surface area contributed by atoms with Crippen LogP contribution in [0.3, 0.4) is 0 Å². The lowest BCUT2D eigenvalue weighted by molar-refractivity contribution is -0.154. The minimum atomic E-state index is -4.60. The molecule has 0 aromatic heterocycles. The Balaban J connectivity index is 4.28. The molecule has 10 nitrogen and oxygen atoms in total. The second-order valence-electron chi connectivity index (χ2n) is 12.0. The minimum Gasteiger partial charge on any atom is -0.480 e. The molecule has 0 amide bonds. The molecule has 0 rings (SSSR count). The highest BCUT2D eigenvalue weighted by molar-refractivity contribution is 7.47. The van der Waals surface area contributed by atoms with Gasteiger partial charge in [-0.25, -0.2) is 4.57 Å². The molecule has 3 atom stereocenters. The van der Waals surface area contributed by atoms with Crippen molar-refractivity contribution in [1.82, 2.24) is 0 Å². The van der Waals surface area contributed by atoms with Crippen molar-refractivity contribution in [1.29, 1.82) is 0 Å². The monoisotopic (exact) mass is 675 g/mol. The Morgan fingerprint density at radius 2 is 1.20 bits per heavy atom. The largest absolute Gasteiger partial charge is 0.480 e. The molecule has 0 aromatic carbocycles. The van der Waals surface area contributed by atoms with Crippen LogP contribution in [0.25, 0.3) is 0 Å². The van der Waals surface area contributed by atoms with Gasteiger partial charge in [-0.2, -0.15) is 0 Å². The standard InChI is InChI=1S/C35H66NO9P/c1-3-5-7-9-11-13-14-15-16-17-18-19-20-22-24-26-28-42-29-32(30-43-46(40,41)44-31-33(36)35(38)39)45-34(37)27-25-23-21-12-10-8-6-4-2/h11,13,15-16,32-33H,3-10,12,14,17-31,36H2,1-2H3,(H,38,39)(H,40,41)/b13-11-,16-15-. The number of phosphoric acid groups is 1. The van der Waals surface area contributed by atoms with Crippen molar-refractivity contribution in [2.24, 2.45) is 5.73 Å². The van der Waals surface area contributed by atoms with Crippen LogP contribution in [0.4, 0.5) is 0 Å². The van der Waals surface area contributed by atoms with Crippen LogP contribution in [0.1, 0.15) is 149 Å². The molecule has 0 aliphatic carbocycles. The summed E-state index contributed by atoms with van der Waals surface area (Å²) in [7, 11) is -4.60. The van der Waals surface area contributed by atoms with Crippen molar-refractivity contribution in [2.75, 3.05) is 26.4 Å². The average Bonchev–Trinajstić information content (AvgIpc) is 3.03. The summed E-state index contributed by atoms with van der Waals surface area (Å²) in [6.07, 6.45) is 31.0. The summed E-state index contributed by atoms with van der Waals surface area (Å²) >= 11 is 0. The lowest BCUT2D eigenvalue weighted by atomic mass is 10.1. The predicted molar refractivity (Wildman–Crippen MR) is 185 cm³/mol. The number of nitrogens with two attached hydrogens (primary N) is 1. The number of unbranched alkanes of at least 4 members (excludes halogenated alkanes) is 16. The van der Waals surface area contributed by atoms with E-state index in [1.54, 1.807) is 0 Å². The number of carboxylic acids is 1. The molecule has 4 N–H and O–H groups in total. The van der Waals surface area contributed by atoms with E-state index in [9.17, 15) is 19.0 Å². The van der Waals surface area contributed by atoms with Crippen LogP contribution >= 0.6 is 7.82 Å². The fourth-order valence-corrected chi connectivity index (χ4v) is 5.41. The third-order valence-corrected chi connectivity index (χ3v) is 8.43. The van der Waals surface area contributed by atoms with E-state index in [2.05, 4.69) is 42.7 Å². The maximum absolute atomic E-state index is 12.4. The summed E-state index contributed by atoms with van der Waals surface area (Å²) in [5, 5.41) is 8.83. The number of aliphatic carboxylic acids is 1. The second kappa shape index (κ2) is 32.0. The molecule has 0 saturated heterocycles. The number of ether oxygens (including phenoxy) is 2. The van der Waals surface area contributed by atoms with Gasteiger partial charge >= 0.3 is 19.8 Å². The van der Waals surface area contributed by atoms with Crippen LogP contribution in [0.5, 0.6) is 0 Å². The molecule has 0 aliphatic heterocycles. The van der Waals surface area contributed by atoms with Gasteiger partial charge < -0.3 is 25.2 Å². The molecular formula is C35H66NO9P. The summed E-state index contributed by atoms with van der Waals surface area (Å²) in [4.78, 5) is 33.2. The first kappa shape index (κ1) is 44.5. The van der Waals surface area contributed by atoms with Gasteiger partial charge in [0.1, 0.15) is 12.1 Å². The van der Waals surface area contributed by atoms with Crippen LogP contribution in [0.15, 0.2) is 24.3 Å². The van der Waals surface area contributed by atoms with Crippen LogP contribution in [0.2, 0.25) is 0 Å². The Labute approximate surface area is 279 Å². The van der Waals surface area contributed by atoms with Crippen molar-refractivity contribution >= 4 is 19.8 Å². The number of allylic oxidation sites excluding steroid dienone is 4. The predicted octanol–water partition coefficient (Wildman–Crippen LogP) is 8.80. The summed E-state index contributed by atoms with van der Waals surface area (Å²) in [5.41, 5.74) is 5.32. The molecule has 0 bridgehead atoms. The van der Waals surface area contributed by atoms with Gasteiger partial charge in [0.2, 0.25) is 0 Å². The highest BCUT2D eigenvalue weighted by atomic mass is 31.2. The van der Waals surface area contributed by atoms with Crippen LogP contribution < -0.4 is 5.73 Å². The Hall–Kier alpha value is -1.55. The Morgan fingerprint density at radius 1 is 0.696 bits per heavy atom. The number of carbonyl (C=O) groups is 2. The van der Waals surface area contributed by atoms with Gasteiger partial charge in [-0.15, -0.1) is 0 Å². The zero-order chi connectivity index (χ0) is 34.1. The van der Waals surface area contributed by atoms with Gasteiger partial charge in [0, 0.05) is 13.0 Å². The number of esters is 1. The number of rotatable bonds is 34. The number of carboxylic acid groups (broad SMARTS) is 1. The van der Waals surface area contributed by atoms with E-state index in [0.717, 1.165) is 51.4 Å². The van der Waals surface area contributed by atoms with Crippen molar-refractivity contribution < 1.29 is 42.7 Å². The lowest BCUT2D eigenvalue weighted by Gasteiger charge is -2.20. The second-order valence-corrected chi connectivity index (χ2v) is 13.5. The van der Waals surface area contributed by atoms with E-state index < -0.39 is 45.1 Å². The van der Waals surface area contributed by atoms with E-state index in [0.29, 0.717) is 13.0 Å². The quantitative estimate of drug-likeness (QED) is 0.0261. The highest BCUT2D eigenvalue weighted by Gasteiger charge is 2.27. The lowest BCUT2D eigenvalue weighted by Crippen LogP contribution is -2.34. The molecule has 270 valence electrons. The van der Waals surface area contributed by atoms with Gasteiger partial charge in [-0.1, -0.05) is 122 Å². The zero-order valence-electron chi connectivity index (χ0n) is 28.9. The minimum absolute atomic E-state index is 0.0120. The first-order valence-electron chi connectivity index (χ1n) is 17.9. The van der Waals surface area contributed by atoms with E-state index in [4.69, 9.17) is 24.8 Å². The molecule has 0 radical (unpaired) electrons. The first-order valence-corrected chi connectivity index (χ1v) is 19.4. The number of phosphoric ester groups is 1. The van der Waals surface area contributed by atoms with Gasteiger partial charge in [-0.3, -0.25) is 18.6 Å². The third-order valence-electron chi connectivity index (χ3n) is 7.48. The molecular weight excluding hydrogens is 609 g/mol. The molecule has 3 unspecified atom stereocenters. The molecule has 0 fully saturated rings. The summed E-state index contributed by atoms with van der Waals surface area (Å²) in [6, 6.07) is -1.47. The van der Waals surface area contributed by atoms with Crippen LogP contribution in [-0.2, 0) is 32.7 Å². The molecule has 0 heterocycles. The van der Waals surface area contributed by atoms with Gasteiger partial charge in [0.05, 0.1) is 19.8 Å². The zero-order valence-corrected chi connectivity index (χ0v) is 29.8. The van der Waals surface area contributed by atoms with Gasteiger partial charge in [0.25, 0.3) is 0 Å². The number of carbonyl (C=O) groups excluding carboxylic acids is 1. The smallest absolute Gasteiger partial charge is 0.472 e. The molecule has 46 heavy (non-hydrogen) atoms. The molecule has 11 heteroatoms. The fourth-order valence-electron chi connectivity index (χ4n) is 4.63. The van der Waals surface area contributed by atoms with Crippen molar-refractivity contribution in [3.63, 3.8) is 0 Å². The topological polar surface area (TPSA) is 155 Å².